The Morgan fingerprint density at radius 2 is 1.97 bits per heavy atom. The van der Waals surface area contributed by atoms with Crippen LogP contribution in [-0.4, -0.2) is 17.1 Å². The summed E-state index contributed by atoms with van der Waals surface area (Å²) in [6.45, 7) is 4.82. The largest absolute Gasteiger partial charge is 0.488 e. The number of nitrogens with one attached hydrogen (secondary N) is 2. The fourth-order valence-corrected chi connectivity index (χ4v) is 4.52. The summed E-state index contributed by atoms with van der Waals surface area (Å²) in [5.74, 6) is 1.16. The molecule has 0 spiro atoms. The van der Waals surface area contributed by atoms with Gasteiger partial charge in [0.1, 0.15) is 12.4 Å². The van der Waals surface area contributed by atoms with Crippen molar-refractivity contribution < 1.29 is 9.53 Å². The van der Waals surface area contributed by atoms with Gasteiger partial charge in [0.15, 0.2) is 0 Å². The first-order valence-electron chi connectivity index (χ1n) is 11.8. The number of hydrazone groups is 1. The number of para-hydroxylation sites is 1. The number of hydrogen-bond donors (Lipinski definition) is 2. The summed E-state index contributed by atoms with van der Waals surface area (Å²) in [7, 11) is 0. The van der Waals surface area contributed by atoms with Crippen molar-refractivity contribution in [1.29, 1.82) is 0 Å². The number of hydrogen-bond acceptors (Lipinski definition) is 3. The van der Waals surface area contributed by atoms with E-state index in [9.17, 15) is 4.79 Å². The van der Waals surface area contributed by atoms with Crippen molar-refractivity contribution in [1.82, 2.24) is 10.4 Å². The molecule has 1 aliphatic rings. The molecule has 1 amide bonds. The number of aryl methyl sites for hydroxylation is 2. The van der Waals surface area contributed by atoms with Crippen LogP contribution in [-0.2, 0) is 19.4 Å². The van der Waals surface area contributed by atoms with E-state index in [0.29, 0.717) is 18.1 Å². The topological polar surface area (TPSA) is 66.5 Å². The van der Waals surface area contributed by atoms with Crippen LogP contribution in [0.2, 0.25) is 0 Å². The van der Waals surface area contributed by atoms with Crippen LogP contribution in [0.25, 0.3) is 10.9 Å². The first-order valence-corrected chi connectivity index (χ1v) is 11.8. The Morgan fingerprint density at radius 3 is 2.82 bits per heavy atom. The molecule has 0 saturated heterocycles. The molecule has 0 fully saturated rings. The number of amides is 1. The van der Waals surface area contributed by atoms with Crippen LogP contribution >= 0.6 is 0 Å². The Hall–Kier alpha value is -3.86. The van der Waals surface area contributed by atoms with E-state index in [1.165, 1.54) is 23.2 Å². The fourth-order valence-electron chi connectivity index (χ4n) is 4.52. The van der Waals surface area contributed by atoms with Crippen LogP contribution in [0.3, 0.4) is 0 Å². The molecule has 5 rings (SSSR count). The number of benzene rings is 3. The minimum Gasteiger partial charge on any atom is -0.488 e. The van der Waals surface area contributed by atoms with Crippen LogP contribution in [0.15, 0.2) is 71.8 Å². The third-order valence-electron chi connectivity index (χ3n) is 6.50. The van der Waals surface area contributed by atoms with Crippen molar-refractivity contribution in [3.63, 3.8) is 0 Å². The van der Waals surface area contributed by atoms with E-state index in [2.05, 4.69) is 53.6 Å². The Labute approximate surface area is 199 Å². The molecular weight excluding hydrogens is 422 g/mol. The number of fused-ring (bicyclic) bond motifs is 3. The average molecular weight is 452 g/mol. The summed E-state index contributed by atoms with van der Waals surface area (Å²) in [5, 5.41) is 5.35. The van der Waals surface area contributed by atoms with Gasteiger partial charge in [-0.05, 0) is 73.6 Å². The summed E-state index contributed by atoms with van der Waals surface area (Å²) in [5.41, 5.74) is 10.2. The maximum Gasteiger partial charge on any atom is 0.271 e. The zero-order chi connectivity index (χ0) is 23.5. The lowest BCUT2D eigenvalue weighted by Gasteiger charge is -2.18. The molecule has 5 nitrogen and oxygen atoms in total. The van der Waals surface area contributed by atoms with Gasteiger partial charge in [0.2, 0.25) is 0 Å². The number of carbonyl (C=O) groups excluding carboxylic acids is 1. The van der Waals surface area contributed by atoms with Crippen LogP contribution in [0.1, 0.15) is 51.7 Å². The van der Waals surface area contributed by atoms with E-state index in [0.717, 1.165) is 40.6 Å². The van der Waals surface area contributed by atoms with Gasteiger partial charge >= 0.3 is 0 Å². The third kappa shape index (κ3) is 4.74. The second-order valence-corrected chi connectivity index (χ2v) is 9.20. The lowest BCUT2D eigenvalue weighted by molar-refractivity contribution is 0.0955. The molecule has 0 aliphatic heterocycles. The van der Waals surface area contributed by atoms with Gasteiger partial charge in [-0.25, -0.2) is 5.43 Å². The summed E-state index contributed by atoms with van der Waals surface area (Å²) < 4.78 is 6.00. The highest BCUT2D eigenvalue weighted by Gasteiger charge is 2.20. The smallest absolute Gasteiger partial charge is 0.271 e. The van der Waals surface area contributed by atoms with E-state index in [1.807, 2.05) is 42.5 Å². The Bertz CT molecular complexity index is 1350. The molecule has 5 heteroatoms. The van der Waals surface area contributed by atoms with Crippen LogP contribution < -0.4 is 10.2 Å². The van der Waals surface area contributed by atoms with Crippen LogP contribution in [0.5, 0.6) is 5.75 Å². The molecule has 1 aromatic heterocycles. The van der Waals surface area contributed by atoms with Gasteiger partial charge in [-0.1, -0.05) is 48.9 Å². The van der Waals surface area contributed by atoms with Crippen molar-refractivity contribution in [2.75, 3.05) is 0 Å². The second-order valence-electron chi connectivity index (χ2n) is 9.20. The molecule has 1 heterocycles. The summed E-state index contributed by atoms with van der Waals surface area (Å²) >= 11 is 0. The van der Waals surface area contributed by atoms with E-state index in [-0.39, 0.29) is 5.91 Å². The summed E-state index contributed by atoms with van der Waals surface area (Å²) in [6, 6.07) is 21.7. The van der Waals surface area contributed by atoms with E-state index >= 15 is 0 Å². The molecular formula is C29H29N3O2. The van der Waals surface area contributed by atoms with Gasteiger partial charge in [0, 0.05) is 27.7 Å². The van der Waals surface area contributed by atoms with Crippen molar-refractivity contribution >= 4 is 23.0 Å². The number of aromatic nitrogens is 1. The van der Waals surface area contributed by atoms with Gasteiger partial charge in [0.05, 0.1) is 6.21 Å². The minimum atomic E-state index is -0.227. The molecule has 1 unspecified atom stereocenters. The number of H-pyrrole nitrogens is 1. The van der Waals surface area contributed by atoms with Crippen LogP contribution in [0.4, 0.5) is 0 Å². The number of ether oxygens (including phenoxy) is 1. The number of aromatic amines is 1. The average Bonchev–Trinajstić information content (AvgIpc) is 3.21. The van der Waals surface area contributed by atoms with Crippen molar-refractivity contribution in [2.45, 2.75) is 39.7 Å². The first-order chi connectivity index (χ1) is 16.6. The van der Waals surface area contributed by atoms with Gasteiger partial charge < -0.3 is 9.72 Å². The highest BCUT2D eigenvalue weighted by atomic mass is 16.5. The van der Waals surface area contributed by atoms with Gasteiger partial charge in [-0.3, -0.25) is 4.79 Å². The Kier molecular flexibility index (Phi) is 6.17. The number of rotatable bonds is 6. The maximum absolute atomic E-state index is 12.8. The molecule has 2 N–H and O–H groups in total. The van der Waals surface area contributed by atoms with Crippen LogP contribution in [0, 0.1) is 12.8 Å². The van der Waals surface area contributed by atoms with E-state index < -0.39 is 0 Å². The Morgan fingerprint density at radius 1 is 1.15 bits per heavy atom. The predicted octanol–water partition coefficient (Wildman–Crippen LogP) is 5.94. The number of carbonyl (C=O) groups is 1. The lowest BCUT2D eigenvalue weighted by atomic mass is 9.87. The minimum absolute atomic E-state index is 0.227. The highest BCUT2D eigenvalue weighted by molar-refractivity contribution is 5.99. The maximum atomic E-state index is 12.8. The highest BCUT2D eigenvalue weighted by Crippen LogP contribution is 2.32. The van der Waals surface area contributed by atoms with Crippen molar-refractivity contribution in [3.05, 3.63) is 100 Å². The van der Waals surface area contributed by atoms with Gasteiger partial charge in [-0.2, -0.15) is 5.10 Å². The molecule has 1 atom stereocenters. The third-order valence-corrected chi connectivity index (χ3v) is 6.50. The summed E-state index contributed by atoms with van der Waals surface area (Å²) in [4.78, 5) is 16.3. The molecule has 34 heavy (non-hydrogen) atoms. The quantitative estimate of drug-likeness (QED) is 0.281. The zero-order valence-corrected chi connectivity index (χ0v) is 19.6. The standard InChI is InChI=1S/C29H29N3O2/c1-19-7-10-21(11-8-19)18-34-28-6-4-3-5-23(28)17-30-32-29(33)22-12-14-27-25(16-22)24-15-20(2)9-13-26(24)31-27/h3-8,10-12,14,16-17,20,31H,9,13,15,18H2,1-2H3,(H,32,33)/b30-17-. The summed E-state index contributed by atoms with van der Waals surface area (Å²) in [6.07, 6.45) is 4.96. The molecule has 0 radical (unpaired) electrons. The Balaban J connectivity index is 1.27. The fraction of sp³-hybridized carbons (Fsp3) is 0.241. The van der Waals surface area contributed by atoms with Gasteiger partial charge in [0.25, 0.3) is 5.91 Å². The molecule has 1 aliphatic carbocycles. The SMILES string of the molecule is Cc1ccc(COc2ccccc2/C=N\NC(=O)c2ccc3[nH]c4c(c3c2)CC(C)CC4)cc1. The van der Waals surface area contributed by atoms with Gasteiger partial charge in [-0.15, -0.1) is 0 Å². The molecule has 3 aromatic carbocycles. The first kappa shape index (κ1) is 22.0. The molecule has 0 saturated carbocycles. The van der Waals surface area contributed by atoms with Crippen molar-refractivity contribution in [3.8, 4) is 5.75 Å². The molecule has 0 bridgehead atoms. The molecule has 172 valence electrons. The van der Waals surface area contributed by atoms with E-state index in [1.54, 1.807) is 6.21 Å². The molecule has 4 aromatic rings. The van der Waals surface area contributed by atoms with Crippen molar-refractivity contribution in [2.24, 2.45) is 11.0 Å². The lowest BCUT2D eigenvalue weighted by Crippen LogP contribution is -2.17. The normalized spacial score (nSPS) is 15.4. The zero-order valence-electron chi connectivity index (χ0n) is 19.6. The van der Waals surface area contributed by atoms with E-state index in [4.69, 9.17) is 4.74 Å². The predicted molar refractivity (Wildman–Crippen MR) is 137 cm³/mol. The second kappa shape index (κ2) is 9.56. The monoisotopic (exact) mass is 451 g/mol. The number of nitrogens with zero attached hydrogens (tertiary/aromatic N) is 1.